The SMILES string of the molecule is CCOc1cc(/C=C/C(=O)c2ccc(OC)cc2)ccc1OCc1ccccc1. The molecule has 3 rings (SSSR count). The van der Waals surface area contributed by atoms with E-state index in [0.717, 1.165) is 16.9 Å². The lowest BCUT2D eigenvalue weighted by Gasteiger charge is -2.12. The molecule has 148 valence electrons. The lowest BCUT2D eigenvalue weighted by atomic mass is 10.1. The molecule has 0 saturated heterocycles. The van der Waals surface area contributed by atoms with Gasteiger partial charge >= 0.3 is 0 Å². The number of allylic oxidation sites excluding steroid dienone is 1. The average molecular weight is 388 g/mol. The number of ketones is 1. The van der Waals surface area contributed by atoms with Gasteiger partial charge in [0.05, 0.1) is 13.7 Å². The van der Waals surface area contributed by atoms with Crippen molar-refractivity contribution in [2.24, 2.45) is 0 Å². The van der Waals surface area contributed by atoms with Crippen molar-refractivity contribution in [1.82, 2.24) is 0 Å². The zero-order chi connectivity index (χ0) is 20.5. The number of carbonyl (C=O) groups is 1. The summed E-state index contributed by atoms with van der Waals surface area (Å²) in [6.07, 6.45) is 3.33. The van der Waals surface area contributed by atoms with Gasteiger partial charge < -0.3 is 14.2 Å². The van der Waals surface area contributed by atoms with Crippen LogP contribution < -0.4 is 14.2 Å². The Hall–Kier alpha value is -3.53. The molecule has 4 nitrogen and oxygen atoms in total. The fourth-order valence-corrected chi connectivity index (χ4v) is 2.77. The van der Waals surface area contributed by atoms with Crippen molar-refractivity contribution in [1.29, 1.82) is 0 Å². The van der Waals surface area contributed by atoms with Crippen molar-refractivity contribution >= 4 is 11.9 Å². The van der Waals surface area contributed by atoms with Gasteiger partial charge in [-0.2, -0.15) is 0 Å². The highest BCUT2D eigenvalue weighted by atomic mass is 16.5. The van der Waals surface area contributed by atoms with E-state index in [1.807, 2.05) is 55.5 Å². The summed E-state index contributed by atoms with van der Waals surface area (Å²) in [6, 6.07) is 22.7. The Balaban J connectivity index is 1.71. The monoisotopic (exact) mass is 388 g/mol. The van der Waals surface area contributed by atoms with Crippen LogP contribution in [0.15, 0.2) is 78.9 Å². The number of carbonyl (C=O) groups excluding carboxylic acids is 1. The number of hydrogen-bond donors (Lipinski definition) is 0. The second kappa shape index (κ2) is 10.1. The molecule has 0 N–H and O–H groups in total. The average Bonchev–Trinajstić information content (AvgIpc) is 2.78. The molecule has 0 aliphatic carbocycles. The van der Waals surface area contributed by atoms with Gasteiger partial charge in [0.15, 0.2) is 17.3 Å². The summed E-state index contributed by atoms with van der Waals surface area (Å²) < 4.78 is 16.8. The fourth-order valence-electron chi connectivity index (χ4n) is 2.77. The molecule has 0 unspecified atom stereocenters. The third-order valence-electron chi connectivity index (χ3n) is 4.31. The van der Waals surface area contributed by atoms with Crippen LogP contribution >= 0.6 is 0 Å². The van der Waals surface area contributed by atoms with Crippen LogP contribution in [0.1, 0.15) is 28.4 Å². The van der Waals surface area contributed by atoms with Crippen LogP contribution in [-0.4, -0.2) is 19.5 Å². The van der Waals surface area contributed by atoms with Gasteiger partial charge in [0, 0.05) is 5.56 Å². The molecule has 3 aromatic carbocycles. The maximum absolute atomic E-state index is 12.4. The van der Waals surface area contributed by atoms with Crippen molar-refractivity contribution < 1.29 is 19.0 Å². The van der Waals surface area contributed by atoms with Gasteiger partial charge in [0.1, 0.15) is 12.4 Å². The molecule has 0 aromatic heterocycles. The van der Waals surface area contributed by atoms with E-state index >= 15 is 0 Å². The molecule has 3 aromatic rings. The minimum absolute atomic E-state index is 0.0741. The number of hydrogen-bond acceptors (Lipinski definition) is 4. The summed E-state index contributed by atoms with van der Waals surface area (Å²) >= 11 is 0. The van der Waals surface area contributed by atoms with Gasteiger partial charge in [-0.25, -0.2) is 0 Å². The van der Waals surface area contributed by atoms with E-state index in [9.17, 15) is 4.79 Å². The first-order valence-electron chi connectivity index (χ1n) is 9.49. The maximum atomic E-state index is 12.4. The predicted molar refractivity (Wildman–Crippen MR) is 115 cm³/mol. The van der Waals surface area contributed by atoms with E-state index in [4.69, 9.17) is 14.2 Å². The van der Waals surface area contributed by atoms with Crippen LogP contribution in [0.3, 0.4) is 0 Å². The topological polar surface area (TPSA) is 44.8 Å². The van der Waals surface area contributed by atoms with Crippen molar-refractivity contribution in [3.63, 3.8) is 0 Å². The predicted octanol–water partition coefficient (Wildman–Crippen LogP) is 5.57. The van der Waals surface area contributed by atoms with E-state index in [1.165, 1.54) is 0 Å². The highest BCUT2D eigenvalue weighted by Crippen LogP contribution is 2.30. The van der Waals surface area contributed by atoms with E-state index in [-0.39, 0.29) is 5.78 Å². The first-order valence-corrected chi connectivity index (χ1v) is 9.49. The first kappa shape index (κ1) is 20.2. The Morgan fingerprint density at radius 2 is 1.66 bits per heavy atom. The maximum Gasteiger partial charge on any atom is 0.185 e. The number of rotatable bonds is 9. The van der Waals surface area contributed by atoms with Gasteiger partial charge in [-0.1, -0.05) is 42.5 Å². The zero-order valence-electron chi connectivity index (χ0n) is 16.6. The molecule has 0 bridgehead atoms. The molecule has 0 amide bonds. The lowest BCUT2D eigenvalue weighted by Crippen LogP contribution is -2.00. The standard InChI is InChI=1S/C25H24O4/c1-3-28-25-17-19(9-15-23(26)21-11-13-22(27-2)14-12-21)10-16-24(25)29-18-20-7-5-4-6-8-20/h4-17H,3,18H2,1-2H3/b15-9+. The Morgan fingerprint density at radius 1 is 0.897 bits per heavy atom. The molecule has 0 spiro atoms. The first-order chi connectivity index (χ1) is 14.2. The quantitative estimate of drug-likeness (QED) is 0.355. The Labute approximate surface area is 171 Å². The van der Waals surface area contributed by atoms with Crippen LogP contribution in [0.5, 0.6) is 17.2 Å². The molecular formula is C25H24O4. The van der Waals surface area contributed by atoms with Gasteiger partial charge in [0.25, 0.3) is 0 Å². The molecule has 4 heteroatoms. The van der Waals surface area contributed by atoms with Gasteiger partial charge in [-0.3, -0.25) is 4.79 Å². The highest BCUT2D eigenvalue weighted by molar-refractivity contribution is 6.06. The molecule has 0 fully saturated rings. The van der Waals surface area contributed by atoms with Gasteiger partial charge in [-0.05, 0) is 60.5 Å². The largest absolute Gasteiger partial charge is 0.497 e. The van der Waals surface area contributed by atoms with Crippen molar-refractivity contribution in [3.8, 4) is 17.2 Å². The molecular weight excluding hydrogens is 364 g/mol. The molecule has 0 aliphatic rings. The van der Waals surface area contributed by atoms with E-state index in [1.54, 1.807) is 43.5 Å². The minimum atomic E-state index is -0.0741. The Kier molecular flexibility index (Phi) is 7.06. The summed E-state index contributed by atoms with van der Waals surface area (Å²) in [7, 11) is 1.60. The van der Waals surface area contributed by atoms with Crippen LogP contribution in [0.25, 0.3) is 6.08 Å². The van der Waals surface area contributed by atoms with E-state index in [2.05, 4.69) is 0 Å². The van der Waals surface area contributed by atoms with Crippen LogP contribution in [0, 0.1) is 0 Å². The van der Waals surface area contributed by atoms with Crippen LogP contribution in [-0.2, 0) is 6.61 Å². The van der Waals surface area contributed by atoms with Crippen molar-refractivity contribution in [3.05, 3.63) is 95.6 Å². The van der Waals surface area contributed by atoms with Gasteiger partial charge in [0.2, 0.25) is 0 Å². The summed E-state index contributed by atoms with van der Waals surface area (Å²) in [4.78, 5) is 12.4. The van der Waals surface area contributed by atoms with Gasteiger partial charge in [-0.15, -0.1) is 0 Å². The minimum Gasteiger partial charge on any atom is -0.497 e. The second-order valence-electron chi connectivity index (χ2n) is 6.34. The fraction of sp³-hybridized carbons (Fsp3) is 0.160. The number of benzene rings is 3. The summed E-state index contributed by atoms with van der Waals surface area (Å²) in [5.41, 5.74) is 2.56. The van der Waals surface area contributed by atoms with E-state index < -0.39 is 0 Å². The van der Waals surface area contributed by atoms with E-state index in [0.29, 0.717) is 30.3 Å². The smallest absolute Gasteiger partial charge is 0.185 e. The molecule has 0 saturated carbocycles. The van der Waals surface area contributed by atoms with Crippen LogP contribution in [0.4, 0.5) is 0 Å². The Bertz CT molecular complexity index is 960. The molecule has 0 aliphatic heterocycles. The Morgan fingerprint density at radius 3 is 2.34 bits per heavy atom. The normalized spacial score (nSPS) is 10.7. The number of methoxy groups -OCH3 is 1. The number of ether oxygens (including phenoxy) is 3. The second-order valence-corrected chi connectivity index (χ2v) is 6.34. The highest BCUT2D eigenvalue weighted by Gasteiger charge is 2.07. The molecule has 29 heavy (non-hydrogen) atoms. The third-order valence-corrected chi connectivity index (χ3v) is 4.31. The molecule has 0 radical (unpaired) electrons. The zero-order valence-corrected chi connectivity index (χ0v) is 16.6. The summed E-state index contributed by atoms with van der Waals surface area (Å²) in [5, 5.41) is 0. The summed E-state index contributed by atoms with van der Waals surface area (Å²) in [5.74, 6) is 1.98. The summed E-state index contributed by atoms with van der Waals surface area (Å²) in [6.45, 7) is 2.92. The van der Waals surface area contributed by atoms with Crippen molar-refractivity contribution in [2.75, 3.05) is 13.7 Å². The third kappa shape index (κ3) is 5.72. The molecule has 0 atom stereocenters. The van der Waals surface area contributed by atoms with Crippen molar-refractivity contribution in [2.45, 2.75) is 13.5 Å². The van der Waals surface area contributed by atoms with Crippen LogP contribution in [0.2, 0.25) is 0 Å². The molecule has 0 heterocycles. The lowest BCUT2D eigenvalue weighted by molar-refractivity contribution is 0.104.